The first-order chi connectivity index (χ1) is 14.3. The predicted octanol–water partition coefficient (Wildman–Crippen LogP) is 4.55. The van der Waals surface area contributed by atoms with E-state index in [4.69, 9.17) is 14.2 Å². The van der Waals surface area contributed by atoms with Crippen LogP contribution in [0, 0.1) is 6.92 Å². The lowest BCUT2D eigenvalue weighted by Crippen LogP contribution is -2.21. The summed E-state index contributed by atoms with van der Waals surface area (Å²) in [6.07, 6.45) is 0. The number of amides is 1. The molecule has 0 saturated heterocycles. The monoisotopic (exact) mass is 433 g/mol. The molecule has 1 heterocycles. The van der Waals surface area contributed by atoms with Crippen LogP contribution in [0.2, 0.25) is 0 Å². The van der Waals surface area contributed by atoms with E-state index in [0.717, 1.165) is 16.9 Å². The number of nitrogens with one attached hydrogen (secondary N) is 1. The number of para-hydroxylation sites is 1. The average Bonchev–Trinajstić information content (AvgIpc) is 3.02. The molecule has 0 aliphatic carbocycles. The minimum Gasteiger partial charge on any atom is -0.483 e. The molecule has 7 nitrogen and oxygen atoms in total. The molecule has 0 spiro atoms. The fraction of sp³-hybridized carbons (Fsp3) is 0.409. The summed E-state index contributed by atoms with van der Waals surface area (Å²) in [5.74, 6) is -0.735. The van der Waals surface area contributed by atoms with Crippen LogP contribution in [0.25, 0.3) is 0 Å². The van der Waals surface area contributed by atoms with Crippen LogP contribution in [0.15, 0.2) is 24.3 Å². The van der Waals surface area contributed by atoms with Gasteiger partial charge in [0.05, 0.1) is 18.8 Å². The lowest BCUT2D eigenvalue weighted by molar-refractivity contribution is -0.118. The first kappa shape index (κ1) is 23.4. The maximum absolute atomic E-state index is 12.5. The SMILES string of the molecule is CCOC(=O)c1sc(NC(=O)COc2ccccc2C(C)C)c(C(=O)OCC)c1C. The van der Waals surface area contributed by atoms with Crippen LogP contribution in [-0.2, 0) is 14.3 Å². The van der Waals surface area contributed by atoms with Crippen LogP contribution < -0.4 is 10.1 Å². The fourth-order valence-corrected chi connectivity index (χ4v) is 3.94. The van der Waals surface area contributed by atoms with Crippen LogP contribution in [0.5, 0.6) is 5.75 Å². The first-order valence-electron chi connectivity index (χ1n) is 9.79. The summed E-state index contributed by atoms with van der Waals surface area (Å²) in [5, 5.41) is 2.91. The number of benzene rings is 1. The fourth-order valence-electron chi connectivity index (χ4n) is 2.84. The van der Waals surface area contributed by atoms with Gasteiger partial charge in [-0.3, -0.25) is 4.79 Å². The second kappa shape index (κ2) is 10.8. The van der Waals surface area contributed by atoms with Gasteiger partial charge in [0.25, 0.3) is 5.91 Å². The zero-order chi connectivity index (χ0) is 22.3. The third kappa shape index (κ3) is 5.60. The number of hydrogen-bond donors (Lipinski definition) is 1. The number of thiophene rings is 1. The molecule has 0 radical (unpaired) electrons. The van der Waals surface area contributed by atoms with Crippen molar-refractivity contribution in [2.24, 2.45) is 0 Å². The van der Waals surface area contributed by atoms with E-state index in [1.54, 1.807) is 26.8 Å². The highest BCUT2D eigenvalue weighted by molar-refractivity contribution is 7.18. The summed E-state index contributed by atoms with van der Waals surface area (Å²) in [6.45, 7) is 9.23. The Balaban J connectivity index is 2.22. The number of carbonyl (C=O) groups is 3. The van der Waals surface area contributed by atoms with Gasteiger partial charge in [-0.2, -0.15) is 0 Å². The molecule has 0 fully saturated rings. The van der Waals surface area contributed by atoms with Crippen LogP contribution in [0.3, 0.4) is 0 Å². The average molecular weight is 434 g/mol. The van der Waals surface area contributed by atoms with E-state index in [1.807, 2.05) is 32.0 Å². The number of rotatable bonds is 9. The van der Waals surface area contributed by atoms with Gasteiger partial charge in [-0.25, -0.2) is 9.59 Å². The second-order valence-corrected chi connectivity index (χ2v) is 7.75. The van der Waals surface area contributed by atoms with Crippen LogP contribution in [0.1, 0.15) is 64.8 Å². The van der Waals surface area contributed by atoms with Gasteiger partial charge >= 0.3 is 11.9 Å². The maximum atomic E-state index is 12.5. The van der Waals surface area contributed by atoms with Gasteiger partial charge in [0, 0.05) is 0 Å². The molecule has 2 aromatic rings. The molecule has 2 rings (SSSR count). The number of hydrogen-bond acceptors (Lipinski definition) is 7. The van der Waals surface area contributed by atoms with Crippen molar-refractivity contribution in [1.29, 1.82) is 0 Å². The number of anilines is 1. The third-order valence-corrected chi connectivity index (χ3v) is 5.43. The van der Waals surface area contributed by atoms with Gasteiger partial charge in [-0.1, -0.05) is 32.0 Å². The Labute approximate surface area is 180 Å². The molecule has 1 amide bonds. The smallest absolute Gasteiger partial charge is 0.348 e. The highest BCUT2D eigenvalue weighted by Crippen LogP contribution is 2.34. The van der Waals surface area contributed by atoms with Gasteiger partial charge in [0.1, 0.15) is 15.6 Å². The molecular weight excluding hydrogens is 406 g/mol. The predicted molar refractivity (Wildman–Crippen MR) is 116 cm³/mol. The van der Waals surface area contributed by atoms with Crippen LogP contribution >= 0.6 is 11.3 Å². The van der Waals surface area contributed by atoms with Crippen molar-refractivity contribution in [2.45, 2.75) is 40.5 Å². The minimum atomic E-state index is -0.608. The molecule has 0 atom stereocenters. The van der Waals surface area contributed by atoms with Crippen molar-refractivity contribution in [3.05, 3.63) is 45.8 Å². The summed E-state index contributed by atoms with van der Waals surface area (Å²) < 4.78 is 15.8. The van der Waals surface area contributed by atoms with Crippen LogP contribution in [0.4, 0.5) is 5.00 Å². The Morgan fingerprint density at radius 2 is 1.67 bits per heavy atom. The molecule has 0 bridgehead atoms. The standard InChI is InChI=1S/C22H27NO6S/c1-6-27-21(25)18-14(5)19(22(26)28-7-2)30-20(18)23-17(24)12-29-16-11-9-8-10-15(16)13(3)4/h8-11,13H,6-7,12H2,1-5H3,(H,23,24). The number of carbonyl (C=O) groups excluding carboxylic acids is 3. The zero-order valence-corrected chi connectivity index (χ0v) is 18.7. The Kier molecular flexibility index (Phi) is 8.41. The molecule has 8 heteroatoms. The Hall–Kier alpha value is -2.87. The molecule has 30 heavy (non-hydrogen) atoms. The summed E-state index contributed by atoms with van der Waals surface area (Å²) in [4.78, 5) is 37.4. The van der Waals surface area contributed by atoms with Crippen molar-refractivity contribution >= 4 is 34.2 Å². The molecule has 1 aromatic heterocycles. The molecule has 1 N–H and O–H groups in total. The van der Waals surface area contributed by atoms with Gasteiger partial charge in [-0.15, -0.1) is 11.3 Å². The van der Waals surface area contributed by atoms with Crippen molar-refractivity contribution in [3.8, 4) is 5.75 Å². The molecule has 0 aliphatic rings. The third-order valence-electron chi connectivity index (χ3n) is 4.24. The number of esters is 2. The zero-order valence-electron chi connectivity index (χ0n) is 17.9. The number of ether oxygens (including phenoxy) is 3. The van der Waals surface area contributed by atoms with Crippen molar-refractivity contribution in [1.82, 2.24) is 0 Å². The molecule has 162 valence electrons. The molecule has 0 aliphatic heterocycles. The van der Waals surface area contributed by atoms with Crippen molar-refractivity contribution in [3.63, 3.8) is 0 Å². The molecular formula is C22H27NO6S. The van der Waals surface area contributed by atoms with Gasteiger partial charge < -0.3 is 19.5 Å². The maximum Gasteiger partial charge on any atom is 0.348 e. The minimum absolute atomic E-state index is 0.154. The van der Waals surface area contributed by atoms with E-state index in [1.165, 1.54) is 0 Å². The van der Waals surface area contributed by atoms with Crippen LogP contribution in [-0.4, -0.2) is 37.7 Å². The lowest BCUT2D eigenvalue weighted by atomic mass is 10.0. The van der Waals surface area contributed by atoms with E-state index >= 15 is 0 Å². The van der Waals surface area contributed by atoms with E-state index in [2.05, 4.69) is 5.32 Å². The second-order valence-electron chi connectivity index (χ2n) is 6.73. The quantitative estimate of drug-likeness (QED) is 0.584. The van der Waals surface area contributed by atoms with Gasteiger partial charge in [0.15, 0.2) is 6.61 Å². The summed E-state index contributed by atoms with van der Waals surface area (Å²) in [5.41, 5.74) is 1.56. The Bertz CT molecular complexity index is 918. The normalized spacial score (nSPS) is 10.6. The topological polar surface area (TPSA) is 90.9 Å². The van der Waals surface area contributed by atoms with Gasteiger partial charge in [-0.05, 0) is 43.9 Å². The molecule has 0 saturated carbocycles. The summed E-state index contributed by atoms with van der Waals surface area (Å²) in [7, 11) is 0. The Morgan fingerprint density at radius 1 is 1.03 bits per heavy atom. The summed E-state index contributed by atoms with van der Waals surface area (Å²) >= 11 is 0.984. The van der Waals surface area contributed by atoms with E-state index in [9.17, 15) is 14.4 Å². The van der Waals surface area contributed by atoms with E-state index in [-0.39, 0.29) is 41.2 Å². The van der Waals surface area contributed by atoms with E-state index in [0.29, 0.717) is 11.3 Å². The van der Waals surface area contributed by atoms with Gasteiger partial charge in [0.2, 0.25) is 0 Å². The Morgan fingerprint density at radius 3 is 2.30 bits per heavy atom. The molecule has 1 aromatic carbocycles. The van der Waals surface area contributed by atoms with Crippen molar-refractivity contribution < 1.29 is 28.6 Å². The first-order valence-corrected chi connectivity index (χ1v) is 10.6. The highest BCUT2D eigenvalue weighted by atomic mass is 32.1. The molecule has 0 unspecified atom stereocenters. The highest BCUT2D eigenvalue weighted by Gasteiger charge is 2.27. The summed E-state index contributed by atoms with van der Waals surface area (Å²) in [6, 6.07) is 7.51. The van der Waals surface area contributed by atoms with E-state index < -0.39 is 17.8 Å². The van der Waals surface area contributed by atoms with Crippen molar-refractivity contribution in [2.75, 3.05) is 25.1 Å². The lowest BCUT2D eigenvalue weighted by Gasteiger charge is -2.13. The largest absolute Gasteiger partial charge is 0.483 e.